The van der Waals surface area contributed by atoms with Gasteiger partial charge in [-0.05, 0) is 19.9 Å². The number of hydrogen-bond donors (Lipinski definition) is 0. The van der Waals surface area contributed by atoms with Crippen LogP contribution in [0.1, 0.15) is 27.7 Å². The van der Waals surface area contributed by atoms with Crippen molar-refractivity contribution in [2.45, 2.75) is 27.7 Å². The van der Waals surface area contributed by atoms with Gasteiger partial charge in [0.1, 0.15) is 11.5 Å². The van der Waals surface area contributed by atoms with Crippen molar-refractivity contribution in [3.8, 4) is 0 Å². The fourth-order valence-electron chi connectivity index (χ4n) is 0.730. The molecular formula is C9H14O3. The van der Waals surface area contributed by atoms with E-state index < -0.39 is 0 Å². The predicted octanol–water partition coefficient (Wildman–Crippen LogP) is 1.68. The molecule has 0 bridgehead atoms. The van der Waals surface area contributed by atoms with Crippen molar-refractivity contribution in [1.29, 1.82) is 0 Å². The van der Waals surface area contributed by atoms with Crippen LogP contribution in [0.15, 0.2) is 11.8 Å². The zero-order chi connectivity index (χ0) is 9.72. The van der Waals surface area contributed by atoms with Gasteiger partial charge in [-0.3, -0.25) is 9.59 Å². The molecular weight excluding hydrogens is 156 g/mol. The molecule has 0 amide bonds. The van der Waals surface area contributed by atoms with E-state index in [0.29, 0.717) is 5.76 Å². The van der Waals surface area contributed by atoms with Crippen molar-refractivity contribution in [2.24, 2.45) is 5.92 Å². The van der Waals surface area contributed by atoms with Crippen molar-refractivity contribution in [2.75, 3.05) is 0 Å². The third-order valence-electron chi connectivity index (χ3n) is 1.43. The summed E-state index contributed by atoms with van der Waals surface area (Å²) in [6, 6.07) is 0. The van der Waals surface area contributed by atoms with Gasteiger partial charge in [-0.15, -0.1) is 0 Å². The molecule has 3 nitrogen and oxygen atoms in total. The summed E-state index contributed by atoms with van der Waals surface area (Å²) in [4.78, 5) is 21.2. The molecule has 68 valence electrons. The molecule has 0 aliphatic rings. The molecule has 0 saturated carbocycles. The number of carbonyl (C=O) groups is 2. The van der Waals surface area contributed by atoms with Crippen LogP contribution in [0.25, 0.3) is 0 Å². The van der Waals surface area contributed by atoms with Gasteiger partial charge in [-0.1, -0.05) is 6.92 Å². The van der Waals surface area contributed by atoms with Crippen LogP contribution < -0.4 is 0 Å². The molecule has 0 rings (SSSR count). The second-order valence-electron chi connectivity index (χ2n) is 2.77. The van der Waals surface area contributed by atoms with Crippen LogP contribution >= 0.6 is 0 Å². The Morgan fingerprint density at radius 3 is 2.08 bits per heavy atom. The molecule has 0 spiro atoms. The van der Waals surface area contributed by atoms with Gasteiger partial charge in [0.2, 0.25) is 0 Å². The van der Waals surface area contributed by atoms with Gasteiger partial charge in [0.15, 0.2) is 0 Å². The highest BCUT2D eigenvalue weighted by atomic mass is 16.5. The summed E-state index contributed by atoms with van der Waals surface area (Å²) < 4.78 is 4.74. The van der Waals surface area contributed by atoms with E-state index in [1.54, 1.807) is 19.9 Å². The third kappa shape index (κ3) is 4.66. The van der Waals surface area contributed by atoms with Gasteiger partial charge in [0.05, 0.1) is 0 Å². The fraction of sp³-hybridized carbons (Fsp3) is 0.556. The SMILES string of the molecule is CC(=O)O/C(C)=C\C(C)C(C)=O. The van der Waals surface area contributed by atoms with Crippen molar-refractivity contribution >= 4 is 11.8 Å². The Labute approximate surface area is 72.4 Å². The number of ketones is 1. The second kappa shape index (κ2) is 4.70. The number of ether oxygens (including phenoxy) is 1. The Bertz CT molecular complexity index is 216. The van der Waals surface area contributed by atoms with Gasteiger partial charge < -0.3 is 4.74 Å². The first-order valence-electron chi connectivity index (χ1n) is 3.80. The molecule has 0 aliphatic heterocycles. The van der Waals surface area contributed by atoms with E-state index in [2.05, 4.69) is 0 Å². The van der Waals surface area contributed by atoms with E-state index in [0.717, 1.165) is 0 Å². The van der Waals surface area contributed by atoms with E-state index in [4.69, 9.17) is 4.74 Å². The Kier molecular flexibility index (Phi) is 4.26. The van der Waals surface area contributed by atoms with E-state index in [1.807, 2.05) is 0 Å². The molecule has 0 aliphatic carbocycles. The summed E-state index contributed by atoms with van der Waals surface area (Å²) in [6.07, 6.45) is 1.63. The highest BCUT2D eigenvalue weighted by Gasteiger charge is 2.05. The molecule has 0 N–H and O–H groups in total. The molecule has 0 heterocycles. The van der Waals surface area contributed by atoms with E-state index in [-0.39, 0.29) is 17.7 Å². The summed E-state index contributed by atoms with van der Waals surface area (Å²) in [5, 5.41) is 0. The largest absolute Gasteiger partial charge is 0.432 e. The lowest BCUT2D eigenvalue weighted by atomic mass is 10.1. The fourth-order valence-corrected chi connectivity index (χ4v) is 0.730. The quantitative estimate of drug-likeness (QED) is 0.478. The number of carbonyl (C=O) groups excluding carboxylic acids is 2. The molecule has 0 saturated heterocycles. The van der Waals surface area contributed by atoms with Gasteiger partial charge >= 0.3 is 5.97 Å². The first-order valence-corrected chi connectivity index (χ1v) is 3.80. The predicted molar refractivity (Wildman–Crippen MR) is 45.4 cm³/mol. The monoisotopic (exact) mass is 170 g/mol. The van der Waals surface area contributed by atoms with Gasteiger partial charge in [-0.2, -0.15) is 0 Å². The van der Waals surface area contributed by atoms with Crippen LogP contribution in [0.4, 0.5) is 0 Å². The Morgan fingerprint density at radius 2 is 1.75 bits per heavy atom. The summed E-state index contributed by atoms with van der Waals surface area (Å²) in [7, 11) is 0. The highest BCUT2D eigenvalue weighted by Crippen LogP contribution is 2.05. The van der Waals surface area contributed by atoms with Gasteiger partial charge in [-0.25, -0.2) is 0 Å². The summed E-state index contributed by atoms with van der Waals surface area (Å²) in [5.41, 5.74) is 0. The van der Waals surface area contributed by atoms with Crippen molar-refractivity contribution in [3.05, 3.63) is 11.8 Å². The smallest absolute Gasteiger partial charge is 0.307 e. The molecule has 0 radical (unpaired) electrons. The second-order valence-corrected chi connectivity index (χ2v) is 2.77. The number of allylic oxidation sites excluding steroid dienone is 2. The van der Waals surface area contributed by atoms with Gasteiger partial charge in [0, 0.05) is 12.8 Å². The zero-order valence-electron chi connectivity index (χ0n) is 7.88. The van der Waals surface area contributed by atoms with Crippen LogP contribution in [0.2, 0.25) is 0 Å². The van der Waals surface area contributed by atoms with Crippen LogP contribution in [0, 0.1) is 5.92 Å². The summed E-state index contributed by atoms with van der Waals surface area (Å²) in [6.45, 7) is 6.24. The lowest BCUT2D eigenvalue weighted by molar-refractivity contribution is -0.137. The maximum atomic E-state index is 10.8. The number of esters is 1. The van der Waals surface area contributed by atoms with Crippen molar-refractivity contribution in [1.82, 2.24) is 0 Å². The number of hydrogen-bond acceptors (Lipinski definition) is 3. The molecule has 0 aromatic heterocycles. The topological polar surface area (TPSA) is 43.4 Å². The van der Waals surface area contributed by atoms with Crippen LogP contribution in [-0.4, -0.2) is 11.8 Å². The van der Waals surface area contributed by atoms with E-state index in [9.17, 15) is 9.59 Å². The Balaban J connectivity index is 4.15. The first-order chi connectivity index (χ1) is 5.43. The van der Waals surface area contributed by atoms with Crippen LogP contribution in [0.5, 0.6) is 0 Å². The molecule has 1 unspecified atom stereocenters. The normalized spacial score (nSPS) is 13.8. The Morgan fingerprint density at radius 1 is 1.25 bits per heavy atom. The van der Waals surface area contributed by atoms with Crippen LogP contribution in [-0.2, 0) is 14.3 Å². The molecule has 12 heavy (non-hydrogen) atoms. The third-order valence-corrected chi connectivity index (χ3v) is 1.43. The highest BCUT2D eigenvalue weighted by molar-refractivity contribution is 5.79. The van der Waals surface area contributed by atoms with E-state index >= 15 is 0 Å². The minimum absolute atomic E-state index is 0.0569. The molecule has 0 fully saturated rings. The molecule has 0 aromatic rings. The zero-order valence-corrected chi connectivity index (χ0v) is 7.88. The van der Waals surface area contributed by atoms with Crippen molar-refractivity contribution < 1.29 is 14.3 Å². The average Bonchev–Trinajstić information content (AvgIpc) is 1.84. The number of Topliss-reactive ketones (excluding diaryl/α,β-unsaturated/α-hetero) is 1. The summed E-state index contributed by atoms with van der Waals surface area (Å²) >= 11 is 0. The molecule has 0 aromatic carbocycles. The van der Waals surface area contributed by atoms with Gasteiger partial charge in [0.25, 0.3) is 0 Å². The van der Waals surface area contributed by atoms with Crippen molar-refractivity contribution in [3.63, 3.8) is 0 Å². The summed E-state index contributed by atoms with van der Waals surface area (Å²) in [5.74, 6) is -0.0180. The van der Waals surface area contributed by atoms with E-state index in [1.165, 1.54) is 13.8 Å². The lowest BCUT2D eigenvalue weighted by Crippen LogP contribution is -2.05. The maximum Gasteiger partial charge on any atom is 0.307 e. The molecule has 1 atom stereocenters. The average molecular weight is 170 g/mol. The first kappa shape index (κ1) is 10.9. The lowest BCUT2D eigenvalue weighted by Gasteiger charge is -2.03. The van der Waals surface area contributed by atoms with Crippen LogP contribution in [0.3, 0.4) is 0 Å². The maximum absolute atomic E-state index is 10.8. The Hall–Kier alpha value is -1.12. The standard InChI is InChI=1S/C9H14O3/c1-6(8(3)10)5-7(2)12-9(4)11/h5-6H,1-4H3/b7-5-. The number of rotatable bonds is 3. The molecule has 3 heteroatoms. The minimum Gasteiger partial charge on any atom is -0.432 e. The minimum atomic E-state index is -0.362.